The van der Waals surface area contributed by atoms with E-state index in [1.54, 1.807) is 6.07 Å². The van der Waals surface area contributed by atoms with Gasteiger partial charge in [-0.05, 0) is 31.0 Å². The van der Waals surface area contributed by atoms with E-state index >= 15 is 0 Å². The fraction of sp³-hybridized carbons (Fsp3) is 0.308. The van der Waals surface area contributed by atoms with Crippen LogP contribution in [-0.2, 0) is 4.79 Å². The molecule has 0 aliphatic carbocycles. The number of allylic oxidation sites excluding steroid dienone is 1. The third-order valence-corrected chi connectivity index (χ3v) is 2.58. The summed E-state index contributed by atoms with van der Waals surface area (Å²) in [5.74, 6) is 5.21. The molecule has 5 nitrogen and oxygen atoms in total. The molecule has 0 radical (unpaired) electrons. The number of unbranched alkanes of at least 4 members (excludes halogenated alkanes) is 1. The van der Waals surface area contributed by atoms with Crippen LogP contribution in [0.3, 0.4) is 0 Å². The molecule has 5 N–H and O–H groups in total. The van der Waals surface area contributed by atoms with Crippen molar-refractivity contribution in [2.75, 3.05) is 10.3 Å². The quantitative estimate of drug-likeness (QED) is 0.400. The van der Waals surface area contributed by atoms with E-state index in [1.165, 1.54) is 18.3 Å². The zero-order valence-corrected chi connectivity index (χ0v) is 10.9. The van der Waals surface area contributed by atoms with Crippen molar-refractivity contribution in [1.29, 1.82) is 0 Å². The summed E-state index contributed by atoms with van der Waals surface area (Å²) in [5.41, 5.74) is 6.94. The number of anilines is 2. The second-order valence-electron chi connectivity index (χ2n) is 4.14. The lowest BCUT2D eigenvalue weighted by atomic mass is 10.2. The highest BCUT2D eigenvalue weighted by atomic mass is 19.1. The maximum atomic E-state index is 13.8. The lowest BCUT2D eigenvalue weighted by molar-refractivity contribution is -0.105. The van der Waals surface area contributed by atoms with Crippen molar-refractivity contribution in [3.63, 3.8) is 0 Å². The zero-order valence-electron chi connectivity index (χ0n) is 10.9. The average molecular weight is 266 g/mol. The van der Waals surface area contributed by atoms with Gasteiger partial charge < -0.3 is 11.1 Å². The van der Waals surface area contributed by atoms with Crippen molar-refractivity contribution in [1.82, 2.24) is 0 Å². The summed E-state index contributed by atoms with van der Waals surface area (Å²) < 4.78 is 13.8. The summed E-state index contributed by atoms with van der Waals surface area (Å²) in [4.78, 5) is 10.3. The highest BCUT2D eigenvalue weighted by Gasteiger charge is 2.07. The number of hydrogen-bond acceptors (Lipinski definition) is 4. The number of carbonyl (C=O) groups is 1. The second-order valence-corrected chi connectivity index (χ2v) is 4.14. The monoisotopic (exact) mass is 266 g/mol. The first kappa shape index (κ1) is 15.0. The molecule has 6 heteroatoms. The molecule has 19 heavy (non-hydrogen) atoms. The Morgan fingerprint density at radius 3 is 2.84 bits per heavy atom. The van der Waals surface area contributed by atoms with Gasteiger partial charge in [0.25, 0.3) is 0 Å². The van der Waals surface area contributed by atoms with Crippen LogP contribution in [0.5, 0.6) is 0 Å². The van der Waals surface area contributed by atoms with Gasteiger partial charge in [-0.25, -0.2) is 10.2 Å². The van der Waals surface area contributed by atoms with Crippen LogP contribution in [0, 0.1) is 5.82 Å². The van der Waals surface area contributed by atoms with Gasteiger partial charge in [-0.1, -0.05) is 13.3 Å². The molecule has 0 bridgehead atoms. The third-order valence-electron chi connectivity index (χ3n) is 2.58. The minimum atomic E-state index is -0.533. The summed E-state index contributed by atoms with van der Waals surface area (Å²) in [7, 11) is 0. The molecule has 104 valence electrons. The van der Waals surface area contributed by atoms with Gasteiger partial charge in [0.1, 0.15) is 5.82 Å². The molecule has 0 fully saturated rings. The molecule has 0 saturated carbocycles. The number of halogens is 1. The molecule has 0 unspecified atom stereocenters. The van der Waals surface area contributed by atoms with Crippen molar-refractivity contribution < 1.29 is 9.18 Å². The van der Waals surface area contributed by atoms with E-state index in [2.05, 4.69) is 12.2 Å². The first-order chi connectivity index (χ1) is 9.08. The van der Waals surface area contributed by atoms with E-state index in [0.29, 0.717) is 17.8 Å². The van der Waals surface area contributed by atoms with E-state index in [1.807, 2.05) is 0 Å². The highest BCUT2D eigenvalue weighted by molar-refractivity contribution is 5.72. The van der Waals surface area contributed by atoms with E-state index in [4.69, 9.17) is 11.6 Å². The fourth-order valence-corrected chi connectivity index (χ4v) is 1.57. The molecule has 1 aromatic rings. The summed E-state index contributed by atoms with van der Waals surface area (Å²) >= 11 is 0. The Morgan fingerprint density at radius 1 is 1.53 bits per heavy atom. The molecule has 1 aromatic carbocycles. The lowest BCUT2D eigenvalue weighted by Crippen LogP contribution is -2.27. The van der Waals surface area contributed by atoms with Crippen molar-refractivity contribution >= 4 is 17.8 Å². The number of hydrazine groups is 1. The molecule has 0 saturated heterocycles. The first-order valence-corrected chi connectivity index (χ1v) is 6.08. The van der Waals surface area contributed by atoms with Crippen LogP contribution in [0.1, 0.15) is 26.2 Å². The molecule has 0 aromatic heterocycles. The SMILES string of the molecule is CCCC/C(N)=C/N(N)c1ccc(NC=O)cc1F. The topological polar surface area (TPSA) is 84.4 Å². The second kappa shape index (κ2) is 7.38. The van der Waals surface area contributed by atoms with E-state index in [-0.39, 0.29) is 5.69 Å². The smallest absolute Gasteiger partial charge is 0.211 e. The number of rotatable bonds is 7. The normalized spacial score (nSPS) is 11.2. The summed E-state index contributed by atoms with van der Waals surface area (Å²) in [5, 5.41) is 3.51. The number of carbonyl (C=O) groups excluding carboxylic acids is 1. The van der Waals surface area contributed by atoms with Gasteiger partial charge >= 0.3 is 0 Å². The molecule has 0 atom stereocenters. The predicted molar refractivity (Wildman–Crippen MR) is 74.5 cm³/mol. The van der Waals surface area contributed by atoms with Crippen molar-refractivity contribution in [2.24, 2.45) is 11.6 Å². The number of hydrogen-bond donors (Lipinski definition) is 3. The fourth-order valence-electron chi connectivity index (χ4n) is 1.57. The summed E-state index contributed by atoms with van der Waals surface area (Å²) in [6, 6.07) is 4.23. The van der Waals surface area contributed by atoms with Gasteiger partial charge in [-0.3, -0.25) is 9.80 Å². The van der Waals surface area contributed by atoms with Crippen LogP contribution in [-0.4, -0.2) is 6.41 Å². The molecule has 0 aliphatic rings. The lowest BCUT2D eigenvalue weighted by Gasteiger charge is -2.16. The Morgan fingerprint density at radius 2 is 2.26 bits per heavy atom. The molecule has 0 spiro atoms. The van der Waals surface area contributed by atoms with Gasteiger partial charge in [0, 0.05) is 17.6 Å². The average Bonchev–Trinajstić information content (AvgIpc) is 2.36. The molecule has 0 aliphatic heterocycles. The summed E-state index contributed by atoms with van der Waals surface area (Å²) in [6.45, 7) is 2.06. The van der Waals surface area contributed by atoms with Crippen LogP contribution in [0.15, 0.2) is 30.1 Å². The van der Waals surface area contributed by atoms with Crippen LogP contribution in [0.2, 0.25) is 0 Å². The van der Waals surface area contributed by atoms with Gasteiger partial charge in [-0.15, -0.1) is 0 Å². The first-order valence-electron chi connectivity index (χ1n) is 6.08. The Labute approximate surface area is 112 Å². The van der Waals surface area contributed by atoms with Crippen molar-refractivity contribution in [3.05, 3.63) is 35.9 Å². The van der Waals surface area contributed by atoms with Gasteiger partial charge in [0.2, 0.25) is 6.41 Å². The van der Waals surface area contributed by atoms with Crippen LogP contribution >= 0.6 is 0 Å². The zero-order chi connectivity index (χ0) is 14.3. The number of nitrogens with one attached hydrogen (secondary N) is 1. The third kappa shape index (κ3) is 4.59. The van der Waals surface area contributed by atoms with E-state index < -0.39 is 5.82 Å². The van der Waals surface area contributed by atoms with Crippen LogP contribution in [0.25, 0.3) is 0 Å². The molecular weight excluding hydrogens is 247 g/mol. The summed E-state index contributed by atoms with van der Waals surface area (Å²) in [6.07, 6.45) is 4.69. The standard InChI is InChI=1S/C13H19FN4O/c1-2-3-4-10(15)8-18(16)13-6-5-11(17-9-19)7-12(13)14/h5-9H,2-4,15-16H2,1H3,(H,17,19)/b10-8-. The Hall–Kier alpha value is -2.08. The molecular formula is C13H19FN4O. The minimum absolute atomic E-state index is 0.191. The van der Waals surface area contributed by atoms with Crippen molar-refractivity contribution in [3.8, 4) is 0 Å². The number of nitrogens with zero attached hydrogens (tertiary/aromatic N) is 1. The van der Waals surface area contributed by atoms with Crippen LogP contribution in [0.4, 0.5) is 15.8 Å². The molecule has 1 amide bonds. The maximum absolute atomic E-state index is 13.8. The number of benzene rings is 1. The minimum Gasteiger partial charge on any atom is -0.401 e. The maximum Gasteiger partial charge on any atom is 0.211 e. The van der Waals surface area contributed by atoms with Gasteiger partial charge in [0.15, 0.2) is 0 Å². The predicted octanol–water partition coefficient (Wildman–Crippen LogP) is 2.06. The van der Waals surface area contributed by atoms with Crippen molar-refractivity contribution in [2.45, 2.75) is 26.2 Å². The van der Waals surface area contributed by atoms with Crippen LogP contribution < -0.4 is 21.9 Å². The Kier molecular flexibility index (Phi) is 5.81. The Balaban J connectivity index is 2.81. The number of nitrogens with two attached hydrogens (primary N) is 2. The number of amides is 1. The van der Waals surface area contributed by atoms with Gasteiger partial charge in [0.05, 0.1) is 5.69 Å². The molecule has 1 rings (SSSR count). The highest BCUT2D eigenvalue weighted by Crippen LogP contribution is 2.21. The largest absolute Gasteiger partial charge is 0.401 e. The van der Waals surface area contributed by atoms with E-state index in [0.717, 1.165) is 24.3 Å². The molecule has 0 heterocycles. The van der Waals surface area contributed by atoms with E-state index in [9.17, 15) is 9.18 Å². The van der Waals surface area contributed by atoms with Gasteiger partial charge in [-0.2, -0.15) is 0 Å². The Bertz CT molecular complexity index is 462.